The van der Waals surface area contributed by atoms with Crippen molar-refractivity contribution in [2.24, 2.45) is 5.73 Å². The second-order valence-corrected chi connectivity index (χ2v) is 6.42. The molecule has 0 aliphatic carbocycles. The third kappa shape index (κ3) is 3.60. The number of benzene rings is 1. The quantitative estimate of drug-likeness (QED) is 0.649. The van der Waals surface area contributed by atoms with Crippen LogP contribution in [0.15, 0.2) is 35.8 Å². The lowest BCUT2D eigenvalue weighted by Crippen LogP contribution is -2.41. The van der Waals surface area contributed by atoms with Crippen molar-refractivity contribution < 1.29 is 4.79 Å². The Hall–Kier alpha value is -2.18. The molecule has 0 fully saturated rings. The van der Waals surface area contributed by atoms with Crippen LogP contribution in [-0.4, -0.2) is 21.9 Å². The summed E-state index contributed by atoms with van der Waals surface area (Å²) < 4.78 is 0. The van der Waals surface area contributed by atoms with Gasteiger partial charge in [-0.25, -0.2) is 4.98 Å². The Kier molecular flexibility index (Phi) is 4.73. The third-order valence-corrected chi connectivity index (χ3v) is 4.84. The van der Waals surface area contributed by atoms with Crippen molar-refractivity contribution in [1.82, 2.24) is 15.3 Å². The SMILES string of the molecule is CCc1nc(CNC(=O)[C@@H](N)Cc2c[nH]c3ccccc23)cs1. The number of para-hydroxylation sites is 1. The molecule has 5 nitrogen and oxygen atoms in total. The molecule has 0 unspecified atom stereocenters. The summed E-state index contributed by atoms with van der Waals surface area (Å²) in [5.41, 5.74) is 9.06. The maximum absolute atomic E-state index is 12.2. The van der Waals surface area contributed by atoms with Crippen LogP contribution in [0, 0.1) is 0 Å². The minimum atomic E-state index is -0.571. The lowest BCUT2D eigenvalue weighted by atomic mass is 10.1. The number of thiazole rings is 1. The van der Waals surface area contributed by atoms with Gasteiger partial charge < -0.3 is 16.0 Å². The molecular weight excluding hydrogens is 308 g/mol. The molecule has 120 valence electrons. The Morgan fingerprint density at radius 1 is 1.43 bits per heavy atom. The molecule has 2 aromatic heterocycles. The van der Waals surface area contributed by atoms with Gasteiger partial charge in [0, 0.05) is 22.5 Å². The predicted octanol–water partition coefficient (Wildman–Crippen LogP) is 2.37. The van der Waals surface area contributed by atoms with Crippen molar-refractivity contribution in [1.29, 1.82) is 0 Å². The molecule has 1 aromatic carbocycles. The zero-order chi connectivity index (χ0) is 16.2. The summed E-state index contributed by atoms with van der Waals surface area (Å²) in [5, 5.41) is 7.04. The van der Waals surface area contributed by atoms with Crippen LogP contribution in [0.2, 0.25) is 0 Å². The van der Waals surface area contributed by atoms with E-state index in [1.165, 1.54) is 0 Å². The van der Waals surface area contributed by atoms with E-state index >= 15 is 0 Å². The first-order valence-electron chi connectivity index (χ1n) is 7.69. The number of hydrogen-bond donors (Lipinski definition) is 3. The summed E-state index contributed by atoms with van der Waals surface area (Å²) in [4.78, 5) is 19.8. The van der Waals surface area contributed by atoms with Crippen LogP contribution in [-0.2, 0) is 24.2 Å². The molecule has 0 radical (unpaired) electrons. The molecule has 0 aliphatic heterocycles. The average Bonchev–Trinajstić information content (AvgIpc) is 3.20. The lowest BCUT2D eigenvalue weighted by molar-refractivity contribution is -0.122. The second kappa shape index (κ2) is 6.93. The van der Waals surface area contributed by atoms with Gasteiger partial charge in [-0.05, 0) is 24.5 Å². The summed E-state index contributed by atoms with van der Waals surface area (Å²) in [6.45, 7) is 2.50. The van der Waals surface area contributed by atoms with Gasteiger partial charge in [0.15, 0.2) is 0 Å². The van der Waals surface area contributed by atoms with Gasteiger partial charge in [-0.15, -0.1) is 11.3 Å². The van der Waals surface area contributed by atoms with E-state index < -0.39 is 6.04 Å². The number of rotatable bonds is 6. The number of nitrogens with one attached hydrogen (secondary N) is 2. The first-order valence-corrected chi connectivity index (χ1v) is 8.57. The highest BCUT2D eigenvalue weighted by Crippen LogP contribution is 2.18. The summed E-state index contributed by atoms with van der Waals surface area (Å²) in [7, 11) is 0. The molecule has 0 saturated carbocycles. The molecule has 1 amide bonds. The number of carbonyl (C=O) groups is 1. The van der Waals surface area contributed by atoms with Crippen LogP contribution in [0.25, 0.3) is 10.9 Å². The fourth-order valence-corrected chi connectivity index (χ4v) is 3.28. The normalized spacial score (nSPS) is 12.4. The van der Waals surface area contributed by atoms with Crippen LogP contribution >= 0.6 is 11.3 Å². The molecule has 1 atom stereocenters. The van der Waals surface area contributed by atoms with E-state index in [1.807, 2.05) is 35.8 Å². The zero-order valence-electron chi connectivity index (χ0n) is 13.0. The molecule has 0 saturated heterocycles. The first kappa shape index (κ1) is 15.7. The van der Waals surface area contributed by atoms with Crippen molar-refractivity contribution >= 4 is 28.1 Å². The summed E-state index contributed by atoms with van der Waals surface area (Å²) >= 11 is 1.62. The third-order valence-electron chi connectivity index (χ3n) is 3.80. The van der Waals surface area contributed by atoms with E-state index in [2.05, 4.69) is 22.2 Å². The first-order chi connectivity index (χ1) is 11.2. The minimum Gasteiger partial charge on any atom is -0.361 e. The van der Waals surface area contributed by atoms with Crippen LogP contribution < -0.4 is 11.1 Å². The van der Waals surface area contributed by atoms with Crippen LogP contribution in [0.4, 0.5) is 0 Å². The number of carbonyl (C=O) groups excluding carboxylic acids is 1. The van der Waals surface area contributed by atoms with Gasteiger partial charge in [-0.3, -0.25) is 4.79 Å². The van der Waals surface area contributed by atoms with E-state index in [0.717, 1.165) is 33.6 Å². The van der Waals surface area contributed by atoms with Crippen LogP contribution in [0.5, 0.6) is 0 Å². The molecule has 4 N–H and O–H groups in total. The van der Waals surface area contributed by atoms with Crippen molar-refractivity contribution in [3.63, 3.8) is 0 Å². The molecule has 3 aromatic rings. The van der Waals surface area contributed by atoms with Crippen molar-refractivity contribution in [3.8, 4) is 0 Å². The highest BCUT2D eigenvalue weighted by Gasteiger charge is 2.16. The molecule has 3 rings (SSSR count). The highest BCUT2D eigenvalue weighted by molar-refractivity contribution is 7.09. The van der Waals surface area contributed by atoms with Gasteiger partial charge in [0.1, 0.15) is 0 Å². The standard InChI is InChI=1S/C17H20N4OS/c1-2-16-21-12(10-23-16)9-20-17(22)14(18)7-11-8-19-15-6-4-3-5-13(11)15/h3-6,8,10,14,19H,2,7,9,18H2,1H3,(H,20,22)/t14-/m0/s1. The van der Waals surface area contributed by atoms with E-state index in [0.29, 0.717) is 13.0 Å². The van der Waals surface area contributed by atoms with E-state index in [-0.39, 0.29) is 5.91 Å². The minimum absolute atomic E-state index is 0.152. The van der Waals surface area contributed by atoms with Crippen molar-refractivity contribution in [2.45, 2.75) is 32.4 Å². The Bertz CT molecular complexity index is 808. The van der Waals surface area contributed by atoms with Gasteiger partial charge in [0.05, 0.1) is 23.3 Å². The Balaban J connectivity index is 1.59. The van der Waals surface area contributed by atoms with Crippen LogP contribution in [0.1, 0.15) is 23.2 Å². The second-order valence-electron chi connectivity index (χ2n) is 5.47. The largest absolute Gasteiger partial charge is 0.361 e. The van der Waals surface area contributed by atoms with Crippen LogP contribution in [0.3, 0.4) is 0 Å². The number of aromatic amines is 1. The number of fused-ring (bicyclic) bond motifs is 1. The Morgan fingerprint density at radius 2 is 2.26 bits per heavy atom. The summed E-state index contributed by atoms with van der Waals surface area (Å²) in [5.74, 6) is -0.152. The molecular formula is C17H20N4OS. The number of aromatic nitrogens is 2. The fraction of sp³-hybridized carbons (Fsp3) is 0.294. The summed E-state index contributed by atoms with van der Waals surface area (Å²) in [6.07, 6.45) is 3.34. The average molecular weight is 328 g/mol. The van der Waals surface area contributed by atoms with Gasteiger partial charge in [0.2, 0.25) is 5.91 Å². The number of hydrogen-bond acceptors (Lipinski definition) is 4. The number of aryl methyl sites for hydroxylation is 1. The smallest absolute Gasteiger partial charge is 0.237 e. The van der Waals surface area contributed by atoms with E-state index in [9.17, 15) is 4.79 Å². The molecule has 23 heavy (non-hydrogen) atoms. The van der Waals surface area contributed by atoms with Crippen molar-refractivity contribution in [2.75, 3.05) is 0 Å². The highest BCUT2D eigenvalue weighted by atomic mass is 32.1. The molecule has 6 heteroatoms. The Labute approximate surface area is 138 Å². The molecule has 0 bridgehead atoms. The maximum Gasteiger partial charge on any atom is 0.237 e. The molecule has 2 heterocycles. The van der Waals surface area contributed by atoms with Crippen molar-refractivity contribution in [3.05, 3.63) is 52.1 Å². The van der Waals surface area contributed by atoms with Gasteiger partial charge in [-0.2, -0.15) is 0 Å². The number of amides is 1. The molecule has 0 aliphatic rings. The maximum atomic E-state index is 12.2. The molecule has 0 spiro atoms. The predicted molar refractivity (Wildman–Crippen MR) is 93.3 cm³/mol. The topological polar surface area (TPSA) is 83.8 Å². The summed E-state index contributed by atoms with van der Waals surface area (Å²) in [6, 6.07) is 7.44. The van der Waals surface area contributed by atoms with E-state index in [4.69, 9.17) is 5.73 Å². The number of H-pyrrole nitrogens is 1. The number of nitrogens with zero attached hydrogens (tertiary/aromatic N) is 1. The number of nitrogens with two attached hydrogens (primary N) is 1. The van der Waals surface area contributed by atoms with Gasteiger partial charge >= 0.3 is 0 Å². The van der Waals surface area contributed by atoms with E-state index in [1.54, 1.807) is 11.3 Å². The van der Waals surface area contributed by atoms with Gasteiger partial charge in [0.25, 0.3) is 0 Å². The Morgan fingerprint density at radius 3 is 3.04 bits per heavy atom. The zero-order valence-corrected chi connectivity index (χ0v) is 13.8. The van der Waals surface area contributed by atoms with Gasteiger partial charge in [-0.1, -0.05) is 25.1 Å². The lowest BCUT2D eigenvalue weighted by Gasteiger charge is -2.11. The monoisotopic (exact) mass is 328 g/mol. The fourth-order valence-electron chi connectivity index (χ4n) is 2.53.